The Balaban J connectivity index is 1.82. The minimum Gasteiger partial charge on any atom is -0.492 e. The number of pyridine rings is 1. The van der Waals surface area contributed by atoms with Crippen LogP contribution in [0.2, 0.25) is 0 Å². The third kappa shape index (κ3) is 5.94. The number of thiazole rings is 1. The summed E-state index contributed by atoms with van der Waals surface area (Å²) in [6, 6.07) is 13.0. The van der Waals surface area contributed by atoms with Crippen molar-refractivity contribution < 1.29 is 23.7 Å². The summed E-state index contributed by atoms with van der Waals surface area (Å²) >= 11 is 1.43. The molecule has 194 valence electrons. The lowest BCUT2D eigenvalue weighted by Crippen LogP contribution is -2.30. The van der Waals surface area contributed by atoms with E-state index in [-0.39, 0.29) is 12.5 Å². The molecule has 0 aliphatic heterocycles. The summed E-state index contributed by atoms with van der Waals surface area (Å²) in [6.45, 7) is 9.68. The Morgan fingerprint density at radius 2 is 1.54 bits per heavy atom. The second-order valence-corrected chi connectivity index (χ2v) is 8.89. The van der Waals surface area contributed by atoms with Crippen molar-refractivity contribution in [2.45, 2.75) is 34.2 Å². The number of rotatable bonds is 12. The van der Waals surface area contributed by atoms with Crippen LogP contribution in [0, 0.1) is 0 Å². The molecule has 0 radical (unpaired) electrons. The maximum absolute atomic E-state index is 14.1. The van der Waals surface area contributed by atoms with E-state index in [4.69, 9.17) is 23.9 Å². The number of fused-ring (bicyclic) bond motifs is 1. The SMILES string of the molecule is CCOc1cc(C(=O)N(Cc2cccnc2)c2nc3c(OCC)cccc3s2)cc(OCC)c1OCC. The van der Waals surface area contributed by atoms with Crippen molar-refractivity contribution in [3.63, 3.8) is 0 Å². The highest BCUT2D eigenvalue weighted by Gasteiger charge is 2.26. The topological polar surface area (TPSA) is 83.0 Å². The largest absolute Gasteiger partial charge is 0.492 e. The van der Waals surface area contributed by atoms with Gasteiger partial charge in [0.1, 0.15) is 11.3 Å². The van der Waals surface area contributed by atoms with E-state index in [1.165, 1.54) is 11.3 Å². The average Bonchev–Trinajstić information content (AvgIpc) is 3.35. The van der Waals surface area contributed by atoms with Gasteiger partial charge < -0.3 is 18.9 Å². The number of benzene rings is 2. The number of ether oxygens (including phenoxy) is 4. The summed E-state index contributed by atoms with van der Waals surface area (Å²) in [5, 5.41) is 0.556. The fourth-order valence-corrected chi connectivity index (χ4v) is 4.85. The molecule has 4 aromatic rings. The Kier molecular flexibility index (Phi) is 8.79. The van der Waals surface area contributed by atoms with Crippen LogP contribution in [-0.2, 0) is 6.54 Å². The van der Waals surface area contributed by atoms with Gasteiger partial charge in [0.25, 0.3) is 5.91 Å². The van der Waals surface area contributed by atoms with Crippen LogP contribution in [0.5, 0.6) is 23.0 Å². The molecular weight excluding hydrogens is 490 g/mol. The van der Waals surface area contributed by atoms with Crippen molar-refractivity contribution in [1.29, 1.82) is 0 Å². The quantitative estimate of drug-likeness (QED) is 0.222. The Morgan fingerprint density at radius 1 is 0.865 bits per heavy atom. The first-order valence-electron chi connectivity index (χ1n) is 12.4. The molecular formula is C28H31N3O5S. The number of aromatic nitrogens is 2. The molecule has 0 unspecified atom stereocenters. The standard InChI is InChI=1S/C28H31N3O5S/c1-5-33-21-12-9-13-24-25(21)30-28(37-24)31(18-19-11-10-14-29-17-19)27(32)20-15-22(34-6-2)26(36-8-4)23(16-20)35-7-3/h9-17H,5-8,18H2,1-4H3. The van der Waals surface area contributed by atoms with Gasteiger partial charge in [0, 0.05) is 18.0 Å². The van der Waals surface area contributed by atoms with E-state index in [0.29, 0.717) is 60.1 Å². The highest BCUT2D eigenvalue weighted by atomic mass is 32.1. The van der Waals surface area contributed by atoms with E-state index >= 15 is 0 Å². The maximum atomic E-state index is 14.1. The van der Waals surface area contributed by atoms with E-state index in [9.17, 15) is 4.79 Å². The minimum atomic E-state index is -0.245. The lowest BCUT2D eigenvalue weighted by atomic mass is 10.1. The molecule has 37 heavy (non-hydrogen) atoms. The molecule has 9 heteroatoms. The summed E-state index contributed by atoms with van der Waals surface area (Å²) in [5.41, 5.74) is 2.01. The van der Waals surface area contributed by atoms with E-state index < -0.39 is 0 Å². The van der Waals surface area contributed by atoms with Crippen molar-refractivity contribution in [2.75, 3.05) is 31.3 Å². The van der Waals surface area contributed by atoms with Crippen molar-refractivity contribution >= 4 is 32.6 Å². The number of carbonyl (C=O) groups excluding carboxylic acids is 1. The molecule has 4 rings (SSSR count). The monoisotopic (exact) mass is 521 g/mol. The van der Waals surface area contributed by atoms with Gasteiger partial charge >= 0.3 is 0 Å². The Morgan fingerprint density at radius 3 is 2.16 bits per heavy atom. The van der Waals surface area contributed by atoms with Crippen LogP contribution in [-0.4, -0.2) is 42.3 Å². The van der Waals surface area contributed by atoms with E-state index in [1.54, 1.807) is 29.4 Å². The first kappa shape index (κ1) is 26.2. The molecule has 2 aromatic carbocycles. The predicted octanol–water partition coefficient (Wildman–Crippen LogP) is 6.13. The smallest absolute Gasteiger partial charge is 0.260 e. The number of nitrogens with zero attached hydrogens (tertiary/aromatic N) is 3. The second kappa shape index (κ2) is 12.4. The van der Waals surface area contributed by atoms with Crippen molar-refractivity contribution in [3.8, 4) is 23.0 Å². The number of anilines is 1. The molecule has 1 amide bonds. The van der Waals surface area contributed by atoms with Crippen LogP contribution in [0.3, 0.4) is 0 Å². The Labute approximate surface area is 220 Å². The molecule has 0 spiro atoms. The van der Waals surface area contributed by atoms with Crippen LogP contribution in [0.15, 0.2) is 54.9 Å². The molecule has 8 nitrogen and oxygen atoms in total. The molecule has 0 bridgehead atoms. The lowest BCUT2D eigenvalue weighted by Gasteiger charge is -2.22. The highest BCUT2D eigenvalue weighted by molar-refractivity contribution is 7.22. The van der Waals surface area contributed by atoms with E-state index in [1.807, 2.05) is 58.0 Å². The minimum absolute atomic E-state index is 0.245. The number of hydrogen-bond acceptors (Lipinski definition) is 8. The molecule has 0 aliphatic carbocycles. The first-order valence-corrected chi connectivity index (χ1v) is 13.2. The van der Waals surface area contributed by atoms with Gasteiger partial charge in [-0.05, 0) is 63.6 Å². The first-order chi connectivity index (χ1) is 18.1. The predicted molar refractivity (Wildman–Crippen MR) is 145 cm³/mol. The zero-order chi connectivity index (χ0) is 26.2. The third-order valence-electron chi connectivity index (χ3n) is 5.37. The van der Waals surface area contributed by atoms with Gasteiger partial charge in [-0.3, -0.25) is 14.7 Å². The molecule has 0 atom stereocenters. The number of para-hydroxylation sites is 1. The molecule has 0 N–H and O–H groups in total. The summed E-state index contributed by atoms with van der Waals surface area (Å²) in [4.78, 5) is 24.8. The fraction of sp³-hybridized carbons (Fsp3) is 0.321. The molecule has 0 fully saturated rings. The highest BCUT2D eigenvalue weighted by Crippen LogP contribution is 2.41. The zero-order valence-corrected chi connectivity index (χ0v) is 22.3. The normalized spacial score (nSPS) is 10.8. The summed E-state index contributed by atoms with van der Waals surface area (Å²) in [6.07, 6.45) is 3.45. The number of amides is 1. The second-order valence-electron chi connectivity index (χ2n) is 7.89. The van der Waals surface area contributed by atoms with Gasteiger partial charge in [0.15, 0.2) is 16.6 Å². The molecule has 0 saturated carbocycles. The van der Waals surface area contributed by atoms with Crippen LogP contribution < -0.4 is 23.8 Å². The van der Waals surface area contributed by atoms with Gasteiger partial charge in [-0.25, -0.2) is 4.98 Å². The van der Waals surface area contributed by atoms with Crippen LogP contribution in [0.1, 0.15) is 43.6 Å². The van der Waals surface area contributed by atoms with E-state index in [0.717, 1.165) is 15.8 Å². The maximum Gasteiger partial charge on any atom is 0.260 e. The summed E-state index contributed by atoms with van der Waals surface area (Å²) < 4.78 is 24.2. The zero-order valence-electron chi connectivity index (χ0n) is 21.5. The molecule has 0 saturated heterocycles. The van der Waals surface area contributed by atoms with Gasteiger partial charge in [0.2, 0.25) is 5.75 Å². The van der Waals surface area contributed by atoms with Gasteiger partial charge in [0.05, 0.1) is 37.7 Å². The van der Waals surface area contributed by atoms with Crippen LogP contribution >= 0.6 is 11.3 Å². The third-order valence-corrected chi connectivity index (χ3v) is 6.41. The molecule has 2 aromatic heterocycles. The summed E-state index contributed by atoms with van der Waals surface area (Å²) in [7, 11) is 0. The van der Waals surface area contributed by atoms with Crippen LogP contribution in [0.25, 0.3) is 10.2 Å². The van der Waals surface area contributed by atoms with Crippen molar-refractivity contribution in [1.82, 2.24) is 9.97 Å². The van der Waals surface area contributed by atoms with Gasteiger partial charge in [-0.15, -0.1) is 0 Å². The molecule has 0 aliphatic rings. The van der Waals surface area contributed by atoms with E-state index in [2.05, 4.69) is 4.98 Å². The summed E-state index contributed by atoms with van der Waals surface area (Å²) in [5.74, 6) is 1.86. The van der Waals surface area contributed by atoms with Crippen LogP contribution in [0.4, 0.5) is 5.13 Å². The van der Waals surface area contributed by atoms with Gasteiger partial charge in [-0.2, -0.15) is 0 Å². The average molecular weight is 522 g/mol. The number of carbonyl (C=O) groups is 1. The Bertz CT molecular complexity index is 1320. The molecule has 2 heterocycles. The van der Waals surface area contributed by atoms with Crippen molar-refractivity contribution in [3.05, 3.63) is 66.0 Å². The lowest BCUT2D eigenvalue weighted by molar-refractivity contribution is 0.0984. The fourth-order valence-electron chi connectivity index (χ4n) is 3.87. The van der Waals surface area contributed by atoms with Crippen molar-refractivity contribution in [2.24, 2.45) is 0 Å². The van der Waals surface area contributed by atoms with Gasteiger partial charge in [-0.1, -0.05) is 23.5 Å². The Hall–Kier alpha value is -3.85. The number of hydrogen-bond donors (Lipinski definition) is 0.